The average molecular weight is 290 g/mol. The van der Waals surface area contributed by atoms with Crippen LogP contribution in [0.2, 0.25) is 0 Å². The molecule has 4 heteroatoms. The van der Waals surface area contributed by atoms with Crippen LogP contribution < -0.4 is 10.6 Å². The lowest BCUT2D eigenvalue weighted by Gasteiger charge is -2.31. The summed E-state index contributed by atoms with van der Waals surface area (Å²) < 4.78 is 0. The minimum atomic E-state index is -0.656. The molecule has 1 aliphatic heterocycles. The van der Waals surface area contributed by atoms with Gasteiger partial charge < -0.3 is 15.7 Å². The summed E-state index contributed by atoms with van der Waals surface area (Å²) in [5.74, 6) is 0.550. The molecule has 0 aliphatic carbocycles. The normalized spacial score (nSPS) is 17.5. The number of amides is 1. The molecule has 0 saturated heterocycles. The van der Waals surface area contributed by atoms with Crippen LogP contribution in [0.5, 0.6) is 0 Å². The van der Waals surface area contributed by atoms with Gasteiger partial charge in [0.25, 0.3) is 0 Å². The highest BCUT2D eigenvalue weighted by atomic mass is 16.3. The summed E-state index contributed by atoms with van der Waals surface area (Å²) in [5, 5.41) is 10.1. The van der Waals surface area contributed by atoms with Crippen molar-refractivity contribution >= 4 is 11.6 Å². The first-order chi connectivity index (χ1) is 9.90. The van der Waals surface area contributed by atoms with E-state index in [1.165, 1.54) is 0 Å². The van der Waals surface area contributed by atoms with E-state index in [-0.39, 0.29) is 11.9 Å². The van der Waals surface area contributed by atoms with Gasteiger partial charge in [-0.05, 0) is 42.9 Å². The Morgan fingerprint density at radius 1 is 1.38 bits per heavy atom. The van der Waals surface area contributed by atoms with Crippen molar-refractivity contribution < 1.29 is 9.90 Å². The number of carbonyl (C=O) groups excluding carboxylic acids is 1. The van der Waals surface area contributed by atoms with Crippen LogP contribution in [0.1, 0.15) is 50.8 Å². The topological polar surface area (TPSA) is 66.6 Å². The zero-order chi connectivity index (χ0) is 15.6. The summed E-state index contributed by atoms with van der Waals surface area (Å²) in [6, 6.07) is 5.53. The predicted molar refractivity (Wildman–Crippen MR) is 85.2 cm³/mol. The van der Waals surface area contributed by atoms with Crippen molar-refractivity contribution in [2.24, 2.45) is 11.7 Å². The molecule has 3 N–H and O–H groups in total. The first kappa shape index (κ1) is 16.0. The van der Waals surface area contributed by atoms with Crippen molar-refractivity contribution in [3.05, 3.63) is 29.3 Å². The quantitative estimate of drug-likeness (QED) is 0.894. The number of carbonyl (C=O) groups is 1. The number of nitrogens with zero attached hydrogens (tertiary/aromatic N) is 1. The Morgan fingerprint density at radius 3 is 2.71 bits per heavy atom. The lowest BCUT2D eigenvalue weighted by Crippen LogP contribution is -2.36. The van der Waals surface area contributed by atoms with E-state index in [0.29, 0.717) is 12.3 Å². The zero-order valence-electron chi connectivity index (χ0n) is 13.2. The Hall–Kier alpha value is -1.39. The van der Waals surface area contributed by atoms with Gasteiger partial charge in [0.15, 0.2) is 0 Å². The molecule has 1 amide bonds. The van der Waals surface area contributed by atoms with Gasteiger partial charge in [0.1, 0.15) is 0 Å². The van der Waals surface area contributed by atoms with Crippen molar-refractivity contribution in [3.63, 3.8) is 0 Å². The van der Waals surface area contributed by atoms with Crippen LogP contribution in [0.4, 0.5) is 5.69 Å². The number of aliphatic hydroxyl groups excluding tert-OH is 1. The molecule has 0 spiro atoms. The van der Waals surface area contributed by atoms with Crippen molar-refractivity contribution in [2.45, 2.75) is 52.2 Å². The Labute approximate surface area is 126 Å². The average Bonchev–Trinajstić information content (AvgIpc) is 2.44. The Balaban J connectivity index is 2.26. The smallest absolute Gasteiger partial charge is 0.227 e. The summed E-state index contributed by atoms with van der Waals surface area (Å²) >= 11 is 0. The summed E-state index contributed by atoms with van der Waals surface area (Å²) in [7, 11) is 0. The number of rotatable bonds is 4. The number of fused-ring (bicyclic) bond motifs is 1. The fraction of sp³-hybridized carbons (Fsp3) is 0.588. The van der Waals surface area contributed by atoms with Crippen molar-refractivity contribution in [3.8, 4) is 0 Å². The molecule has 0 saturated carbocycles. The van der Waals surface area contributed by atoms with Gasteiger partial charge in [-0.15, -0.1) is 0 Å². The number of anilines is 1. The molecule has 0 aromatic heterocycles. The molecular formula is C17H26N2O2. The molecule has 1 aliphatic rings. The molecule has 4 nitrogen and oxygen atoms in total. The first-order valence-electron chi connectivity index (χ1n) is 7.77. The van der Waals surface area contributed by atoms with E-state index in [0.717, 1.165) is 36.2 Å². The van der Waals surface area contributed by atoms with Gasteiger partial charge in [0.05, 0.1) is 6.10 Å². The largest absolute Gasteiger partial charge is 0.387 e. The molecule has 1 aromatic rings. The van der Waals surface area contributed by atoms with Crippen LogP contribution in [0.15, 0.2) is 18.2 Å². The second kappa shape index (κ2) is 6.58. The van der Waals surface area contributed by atoms with E-state index in [1.54, 1.807) is 6.92 Å². The number of hydrogen-bond donors (Lipinski definition) is 2. The second-order valence-electron chi connectivity index (χ2n) is 6.44. The second-order valence-corrected chi connectivity index (χ2v) is 6.44. The molecule has 0 bridgehead atoms. The fourth-order valence-electron chi connectivity index (χ4n) is 2.82. The Morgan fingerprint density at radius 2 is 2.10 bits per heavy atom. The van der Waals surface area contributed by atoms with Gasteiger partial charge >= 0.3 is 0 Å². The van der Waals surface area contributed by atoms with Crippen LogP contribution in [0, 0.1) is 5.92 Å². The van der Waals surface area contributed by atoms with Crippen LogP contribution in [-0.4, -0.2) is 23.6 Å². The van der Waals surface area contributed by atoms with E-state index >= 15 is 0 Å². The maximum absolute atomic E-state index is 12.4. The third kappa shape index (κ3) is 3.63. The fourth-order valence-corrected chi connectivity index (χ4v) is 2.82. The lowest BCUT2D eigenvalue weighted by molar-refractivity contribution is -0.119. The van der Waals surface area contributed by atoms with Gasteiger partial charge in [-0.25, -0.2) is 0 Å². The molecule has 116 valence electrons. The van der Waals surface area contributed by atoms with Crippen molar-refractivity contribution in [1.82, 2.24) is 0 Å². The number of hydrogen-bond acceptors (Lipinski definition) is 3. The molecular weight excluding hydrogens is 264 g/mol. The molecule has 21 heavy (non-hydrogen) atoms. The third-order valence-electron chi connectivity index (χ3n) is 3.95. The van der Waals surface area contributed by atoms with Crippen LogP contribution in [-0.2, 0) is 11.2 Å². The third-order valence-corrected chi connectivity index (χ3v) is 3.95. The molecule has 2 atom stereocenters. The molecule has 0 radical (unpaired) electrons. The van der Waals surface area contributed by atoms with E-state index in [2.05, 4.69) is 13.8 Å². The van der Waals surface area contributed by atoms with Crippen molar-refractivity contribution in [2.75, 3.05) is 11.4 Å². The van der Waals surface area contributed by atoms with Gasteiger partial charge in [-0.3, -0.25) is 4.79 Å². The van der Waals surface area contributed by atoms with Crippen LogP contribution in [0.3, 0.4) is 0 Å². The minimum Gasteiger partial charge on any atom is -0.387 e. The monoisotopic (exact) mass is 290 g/mol. The summed E-state index contributed by atoms with van der Waals surface area (Å²) in [6.07, 6.45) is 1.83. The minimum absolute atomic E-state index is 0.187. The van der Waals surface area contributed by atoms with Gasteiger partial charge in [-0.2, -0.15) is 0 Å². The van der Waals surface area contributed by atoms with E-state index in [1.807, 2.05) is 23.1 Å². The maximum Gasteiger partial charge on any atom is 0.227 e. The number of benzene rings is 1. The van der Waals surface area contributed by atoms with Crippen molar-refractivity contribution in [1.29, 1.82) is 0 Å². The highest BCUT2D eigenvalue weighted by molar-refractivity contribution is 5.94. The number of nitrogens with two attached hydrogens (primary N) is 1. The first-order valence-corrected chi connectivity index (χ1v) is 7.77. The molecule has 1 heterocycles. The maximum atomic E-state index is 12.4. The number of aryl methyl sites for hydroxylation is 1. The SMILES string of the molecule is CC(C)CC(=O)N1CCCc2cc(C(O)C(C)N)ccc21. The molecule has 0 fully saturated rings. The summed E-state index contributed by atoms with van der Waals surface area (Å²) in [6.45, 7) is 6.70. The molecule has 1 aromatic carbocycles. The lowest BCUT2D eigenvalue weighted by atomic mass is 9.95. The Kier molecular flexibility index (Phi) is 5.01. The van der Waals surface area contributed by atoms with E-state index in [4.69, 9.17) is 5.73 Å². The number of aliphatic hydroxyl groups is 1. The predicted octanol–water partition coefficient (Wildman–Crippen LogP) is 2.39. The van der Waals surface area contributed by atoms with Crippen LogP contribution >= 0.6 is 0 Å². The zero-order valence-corrected chi connectivity index (χ0v) is 13.2. The molecule has 2 rings (SSSR count). The Bertz CT molecular complexity index is 512. The van der Waals surface area contributed by atoms with E-state index < -0.39 is 6.10 Å². The standard InChI is InChI=1S/C17H26N2O2/c1-11(2)9-16(20)19-8-4-5-13-10-14(6-7-15(13)19)17(21)12(3)18/h6-7,10-12,17,21H,4-5,8-9,18H2,1-3H3. The van der Waals surface area contributed by atoms with Crippen LogP contribution in [0.25, 0.3) is 0 Å². The van der Waals surface area contributed by atoms with E-state index in [9.17, 15) is 9.90 Å². The molecule has 2 unspecified atom stereocenters. The summed E-state index contributed by atoms with van der Waals surface area (Å²) in [4.78, 5) is 14.2. The van der Waals surface area contributed by atoms with Gasteiger partial charge in [0, 0.05) is 24.7 Å². The van der Waals surface area contributed by atoms with Gasteiger partial charge in [0.2, 0.25) is 5.91 Å². The highest BCUT2D eigenvalue weighted by Crippen LogP contribution is 2.31. The summed E-state index contributed by atoms with van der Waals surface area (Å²) in [5.41, 5.74) is 8.72. The highest BCUT2D eigenvalue weighted by Gasteiger charge is 2.24. The van der Waals surface area contributed by atoms with Gasteiger partial charge in [-0.1, -0.05) is 26.0 Å².